The fraction of sp³-hybridized carbons (Fsp3) is 0.100. The molecule has 0 radical (unpaired) electrons. The maximum Gasteiger partial charge on any atom is 0.294 e. The van der Waals surface area contributed by atoms with Crippen molar-refractivity contribution in [2.45, 2.75) is 11.4 Å². The molecule has 0 aliphatic carbocycles. The molecule has 3 N–H and O–H groups in total. The van der Waals surface area contributed by atoms with Crippen molar-refractivity contribution < 1.29 is 15.3 Å². The normalized spacial score (nSPS) is 12.1. The van der Waals surface area contributed by atoms with Crippen LogP contribution in [0, 0.1) is 0 Å². The fourth-order valence-electron chi connectivity index (χ4n) is 3.15. The van der Waals surface area contributed by atoms with E-state index in [1.807, 2.05) is 54.6 Å². The third-order valence-corrected chi connectivity index (χ3v) is 4.12. The SMILES string of the molecule is OC(O)(O)C(c1ccccc1)(c1ccccc1)c1ccccc1. The van der Waals surface area contributed by atoms with Gasteiger partial charge in [-0.05, 0) is 16.7 Å². The van der Waals surface area contributed by atoms with Gasteiger partial charge in [-0.15, -0.1) is 0 Å². The highest BCUT2D eigenvalue weighted by atomic mass is 16.7. The Labute approximate surface area is 135 Å². The minimum atomic E-state index is -2.98. The summed E-state index contributed by atoms with van der Waals surface area (Å²) in [5.41, 5.74) is 0.247. The van der Waals surface area contributed by atoms with E-state index in [4.69, 9.17) is 0 Å². The molecule has 0 aliphatic rings. The summed E-state index contributed by atoms with van der Waals surface area (Å²) in [6, 6.07) is 27.0. The molecule has 0 heterocycles. The van der Waals surface area contributed by atoms with Gasteiger partial charge in [0, 0.05) is 0 Å². The molecule has 3 rings (SSSR count). The standard InChI is InChI=1S/C20H18O3/c21-20(22,23)19(16-10-4-1-5-11-16,17-12-6-2-7-13-17)18-14-8-3-9-15-18/h1-15,21-23H. The summed E-state index contributed by atoms with van der Waals surface area (Å²) in [7, 11) is 0. The average molecular weight is 306 g/mol. The van der Waals surface area contributed by atoms with E-state index in [0.717, 1.165) is 0 Å². The van der Waals surface area contributed by atoms with E-state index in [-0.39, 0.29) is 0 Å². The van der Waals surface area contributed by atoms with Crippen molar-refractivity contribution in [3.63, 3.8) is 0 Å². The van der Waals surface area contributed by atoms with Crippen LogP contribution in [-0.2, 0) is 5.41 Å². The highest BCUT2D eigenvalue weighted by molar-refractivity contribution is 5.52. The maximum absolute atomic E-state index is 10.4. The Bertz CT molecular complexity index is 650. The van der Waals surface area contributed by atoms with Gasteiger partial charge in [0.15, 0.2) is 0 Å². The molecular formula is C20H18O3. The number of aliphatic hydroxyl groups is 3. The zero-order valence-electron chi connectivity index (χ0n) is 12.5. The zero-order valence-corrected chi connectivity index (χ0v) is 12.5. The molecule has 0 amide bonds. The Kier molecular flexibility index (Phi) is 4.01. The molecule has 0 fully saturated rings. The molecule has 3 aromatic rings. The monoisotopic (exact) mass is 306 g/mol. The van der Waals surface area contributed by atoms with E-state index in [9.17, 15) is 15.3 Å². The van der Waals surface area contributed by atoms with Gasteiger partial charge in [0.25, 0.3) is 5.97 Å². The van der Waals surface area contributed by atoms with E-state index in [2.05, 4.69) is 0 Å². The summed E-state index contributed by atoms with van der Waals surface area (Å²) in [5, 5.41) is 31.2. The van der Waals surface area contributed by atoms with Crippen LogP contribution in [0.3, 0.4) is 0 Å². The van der Waals surface area contributed by atoms with Crippen molar-refractivity contribution in [3.05, 3.63) is 108 Å². The van der Waals surface area contributed by atoms with Gasteiger partial charge in [0.2, 0.25) is 0 Å². The smallest absolute Gasteiger partial charge is 0.294 e. The molecule has 3 heteroatoms. The van der Waals surface area contributed by atoms with Crippen molar-refractivity contribution in [3.8, 4) is 0 Å². The minimum Gasteiger partial charge on any atom is -0.342 e. The minimum absolute atomic E-state index is 0.588. The molecule has 3 nitrogen and oxygen atoms in total. The molecule has 0 saturated heterocycles. The first-order valence-electron chi connectivity index (χ1n) is 7.40. The molecule has 0 bridgehead atoms. The molecule has 3 aromatic carbocycles. The predicted octanol–water partition coefficient (Wildman–Crippen LogP) is 2.65. The maximum atomic E-state index is 10.4. The third-order valence-electron chi connectivity index (χ3n) is 4.12. The second kappa shape index (κ2) is 5.97. The number of hydrogen-bond acceptors (Lipinski definition) is 3. The summed E-state index contributed by atoms with van der Waals surface area (Å²) in [6.07, 6.45) is 0. The van der Waals surface area contributed by atoms with Crippen molar-refractivity contribution in [1.82, 2.24) is 0 Å². The summed E-state index contributed by atoms with van der Waals surface area (Å²) < 4.78 is 0. The van der Waals surface area contributed by atoms with Gasteiger partial charge < -0.3 is 15.3 Å². The molecule has 0 atom stereocenters. The summed E-state index contributed by atoms with van der Waals surface area (Å²) >= 11 is 0. The van der Waals surface area contributed by atoms with Crippen LogP contribution in [0.4, 0.5) is 0 Å². The second-order valence-corrected chi connectivity index (χ2v) is 5.48. The van der Waals surface area contributed by atoms with E-state index < -0.39 is 11.4 Å². The number of hydrogen-bond donors (Lipinski definition) is 3. The molecule has 116 valence electrons. The highest BCUT2D eigenvalue weighted by Gasteiger charge is 2.53. The Morgan fingerprint density at radius 2 is 0.696 bits per heavy atom. The van der Waals surface area contributed by atoms with Crippen LogP contribution >= 0.6 is 0 Å². The molecule has 23 heavy (non-hydrogen) atoms. The van der Waals surface area contributed by atoms with E-state index >= 15 is 0 Å². The van der Waals surface area contributed by atoms with Gasteiger partial charge in [-0.3, -0.25) is 0 Å². The first kappa shape index (κ1) is 15.4. The van der Waals surface area contributed by atoms with Crippen LogP contribution < -0.4 is 0 Å². The van der Waals surface area contributed by atoms with Crippen LogP contribution in [0.1, 0.15) is 16.7 Å². The Balaban J connectivity index is 2.41. The van der Waals surface area contributed by atoms with Crippen LogP contribution in [0.2, 0.25) is 0 Å². The summed E-state index contributed by atoms with van der Waals surface area (Å²) in [4.78, 5) is 0. The van der Waals surface area contributed by atoms with E-state index in [1.165, 1.54) is 0 Å². The number of benzene rings is 3. The fourth-order valence-corrected chi connectivity index (χ4v) is 3.15. The molecule has 0 aromatic heterocycles. The molecule has 0 aliphatic heterocycles. The topological polar surface area (TPSA) is 60.7 Å². The van der Waals surface area contributed by atoms with E-state index in [1.54, 1.807) is 36.4 Å². The third kappa shape index (κ3) is 2.55. The van der Waals surface area contributed by atoms with Gasteiger partial charge in [0.05, 0.1) is 0 Å². The molecule has 0 spiro atoms. The number of rotatable bonds is 4. The summed E-state index contributed by atoms with van der Waals surface area (Å²) in [5.74, 6) is -2.98. The van der Waals surface area contributed by atoms with Crippen molar-refractivity contribution in [2.75, 3.05) is 0 Å². The lowest BCUT2D eigenvalue weighted by atomic mass is 9.67. The van der Waals surface area contributed by atoms with Gasteiger partial charge in [0.1, 0.15) is 5.41 Å². The largest absolute Gasteiger partial charge is 0.342 e. The lowest BCUT2D eigenvalue weighted by Crippen LogP contribution is -2.53. The molecule has 0 unspecified atom stereocenters. The highest BCUT2D eigenvalue weighted by Crippen LogP contribution is 2.45. The predicted molar refractivity (Wildman–Crippen MR) is 88.6 cm³/mol. The lowest BCUT2D eigenvalue weighted by molar-refractivity contribution is -0.337. The van der Waals surface area contributed by atoms with Gasteiger partial charge in [-0.1, -0.05) is 91.0 Å². The van der Waals surface area contributed by atoms with Gasteiger partial charge in [-0.25, -0.2) is 0 Å². The zero-order chi connectivity index (χ0) is 16.3. The van der Waals surface area contributed by atoms with Gasteiger partial charge in [-0.2, -0.15) is 0 Å². The van der Waals surface area contributed by atoms with Gasteiger partial charge >= 0.3 is 0 Å². The Hall–Kier alpha value is -2.46. The van der Waals surface area contributed by atoms with Crippen LogP contribution in [-0.4, -0.2) is 21.3 Å². The van der Waals surface area contributed by atoms with Crippen LogP contribution in [0.5, 0.6) is 0 Å². The van der Waals surface area contributed by atoms with Crippen LogP contribution in [0.15, 0.2) is 91.0 Å². The van der Waals surface area contributed by atoms with Crippen molar-refractivity contribution in [1.29, 1.82) is 0 Å². The average Bonchev–Trinajstić information content (AvgIpc) is 2.57. The van der Waals surface area contributed by atoms with Crippen molar-refractivity contribution in [2.24, 2.45) is 0 Å². The van der Waals surface area contributed by atoms with Crippen molar-refractivity contribution >= 4 is 0 Å². The molecular weight excluding hydrogens is 288 g/mol. The Morgan fingerprint density at radius 1 is 0.435 bits per heavy atom. The van der Waals surface area contributed by atoms with E-state index in [0.29, 0.717) is 16.7 Å². The van der Waals surface area contributed by atoms with Crippen LogP contribution in [0.25, 0.3) is 0 Å². The summed E-state index contributed by atoms with van der Waals surface area (Å²) in [6.45, 7) is 0. The Morgan fingerprint density at radius 3 is 0.913 bits per heavy atom. The second-order valence-electron chi connectivity index (χ2n) is 5.48. The molecule has 0 saturated carbocycles. The first-order valence-corrected chi connectivity index (χ1v) is 7.40. The quantitative estimate of drug-likeness (QED) is 0.513. The first-order chi connectivity index (χ1) is 11.1. The lowest BCUT2D eigenvalue weighted by Gasteiger charge is -2.41.